The Labute approximate surface area is 133 Å². The minimum atomic E-state index is -0.958. The molecule has 0 saturated carbocycles. The fourth-order valence-electron chi connectivity index (χ4n) is 1.05. The van der Waals surface area contributed by atoms with E-state index in [1.807, 2.05) is 0 Å². The van der Waals surface area contributed by atoms with Crippen molar-refractivity contribution < 1.29 is 0 Å². The van der Waals surface area contributed by atoms with Crippen LogP contribution in [-0.2, 0) is 0 Å². The minimum Gasteiger partial charge on any atom is -0.0999 e. The molecule has 0 aliphatic carbocycles. The monoisotopic (exact) mass is 378 g/mol. The Balaban J connectivity index is 3.66. The van der Waals surface area contributed by atoms with Crippen LogP contribution >= 0.6 is 92.8 Å². The molecule has 1 rings (SSSR count). The van der Waals surface area contributed by atoms with Crippen LogP contribution in [0.3, 0.4) is 0 Å². The van der Waals surface area contributed by atoms with E-state index in [4.69, 9.17) is 92.8 Å². The normalized spacial score (nSPS) is 11.6. The molecular weight excluding hydrogens is 380 g/mol. The molecule has 0 heterocycles. The van der Waals surface area contributed by atoms with Gasteiger partial charge in [-0.05, 0) is 0 Å². The lowest BCUT2D eigenvalue weighted by atomic mass is 10.1. The van der Waals surface area contributed by atoms with Crippen LogP contribution < -0.4 is 0 Å². The van der Waals surface area contributed by atoms with Crippen LogP contribution in [-0.4, -0.2) is 0 Å². The van der Waals surface area contributed by atoms with Gasteiger partial charge in [-0.3, -0.25) is 0 Å². The fraction of sp³-hybridized carbons (Fsp3) is 0.250. The Hall–Kier alpha value is 1.54. The molecule has 1 aromatic rings. The van der Waals surface area contributed by atoms with Gasteiger partial charge in [-0.15, -0.1) is 0 Å². The highest BCUT2D eigenvalue weighted by Gasteiger charge is 2.26. The van der Waals surface area contributed by atoms with E-state index < -0.39 is 9.67 Å². The van der Waals surface area contributed by atoms with E-state index in [-0.39, 0.29) is 31.2 Å². The van der Waals surface area contributed by atoms with Crippen molar-refractivity contribution in [1.29, 1.82) is 0 Å². The Morgan fingerprint density at radius 3 is 1.06 bits per heavy atom. The van der Waals surface area contributed by atoms with E-state index in [9.17, 15) is 0 Å². The van der Waals surface area contributed by atoms with Gasteiger partial charge in [0.1, 0.15) is 9.67 Å². The summed E-state index contributed by atoms with van der Waals surface area (Å²) in [5, 5.41) is 0.355. The summed E-state index contributed by atoms with van der Waals surface area (Å²) in [6.45, 7) is 0. The average molecular weight is 382 g/mol. The zero-order valence-electron chi connectivity index (χ0n) is 7.18. The standard InChI is InChI=1S/C8H2Cl8/c9-3-1(7(13)14)4(10)6(12)5(11)2(3)8(15)16/h7-8H. The maximum atomic E-state index is 6.02. The van der Waals surface area contributed by atoms with Crippen molar-refractivity contribution in [2.75, 3.05) is 0 Å². The van der Waals surface area contributed by atoms with Crippen molar-refractivity contribution in [2.45, 2.75) is 9.67 Å². The van der Waals surface area contributed by atoms with Crippen LogP contribution in [0, 0.1) is 0 Å². The first-order valence-electron chi connectivity index (χ1n) is 3.71. The highest BCUT2D eigenvalue weighted by atomic mass is 35.5. The lowest BCUT2D eigenvalue weighted by molar-refractivity contribution is 1.27. The van der Waals surface area contributed by atoms with Gasteiger partial charge in [0.2, 0.25) is 0 Å². The zero-order valence-corrected chi connectivity index (χ0v) is 13.2. The number of hydrogen-bond acceptors (Lipinski definition) is 0. The van der Waals surface area contributed by atoms with Gasteiger partial charge in [-0.1, -0.05) is 92.8 Å². The molecule has 0 unspecified atom stereocenters. The predicted molar refractivity (Wildman–Crippen MR) is 75.4 cm³/mol. The maximum Gasteiger partial charge on any atom is 0.135 e. The first-order chi connectivity index (χ1) is 7.29. The molecule has 0 atom stereocenters. The molecule has 16 heavy (non-hydrogen) atoms. The van der Waals surface area contributed by atoms with Crippen LogP contribution in [0.15, 0.2) is 0 Å². The highest BCUT2D eigenvalue weighted by molar-refractivity contribution is 6.54. The molecule has 90 valence electrons. The van der Waals surface area contributed by atoms with Crippen LogP contribution in [0.1, 0.15) is 20.8 Å². The van der Waals surface area contributed by atoms with Crippen LogP contribution in [0.25, 0.3) is 0 Å². The topological polar surface area (TPSA) is 0 Å². The Kier molecular flexibility index (Phi) is 5.97. The summed E-state index contributed by atoms with van der Waals surface area (Å²) >= 11 is 46.6. The van der Waals surface area contributed by atoms with Crippen molar-refractivity contribution in [1.82, 2.24) is 0 Å². The number of rotatable bonds is 2. The van der Waals surface area contributed by atoms with E-state index in [0.717, 1.165) is 0 Å². The van der Waals surface area contributed by atoms with Gasteiger partial charge < -0.3 is 0 Å². The molecule has 0 saturated heterocycles. The first kappa shape index (κ1) is 15.6. The van der Waals surface area contributed by atoms with E-state index in [1.165, 1.54) is 0 Å². The summed E-state index contributed by atoms with van der Waals surface area (Å²) in [6, 6.07) is 0. The number of benzene rings is 1. The molecule has 8 heteroatoms. The summed E-state index contributed by atoms with van der Waals surface area (Å²) in [6.07, 6.45) is 0. The molecule has 0 spiro atoms. The second-order valence-corrected chi connectivity index (χ2v) is 6.39. The molecule has 0 N–H and O–H groups in total. The van der Waals surface area contributed by atoms with Crippen LogP contribution in [0.2, 0.25) is 20.1 Å². The molecule has 0 aromatic heterocycles. The van der Waals surface area contributed by atoms with E-state index >= 15 is 0 Å². The van der Waals surface area contributed by atoms with Crippen LogP contribution in [0.5, 0.6) is 0 Å². The van der Waals surface area contributed by atoms with E-state index in [0.29, 0.717) is 0 Å². The molecule has 1 aromatic carbocycles. The van der Waals surface area contributed by atoms with Gasteiger partial charge in [-0.25, -0.2) is 0 Å². The minimum absolute atomic E-state index is 0.0651. The molecule has 0 fully saturated rings. The number of alkyl halides is 4. The summed E-state index contributed by atoms with van der Waals surface area (Å²) in [4.78, 5) is -1.92. The zero-order chi connectivity index (χ0) is 12.6. The molecular formula is C8H2Cl8. The molecule has 0 aliphatic rings. The summed E-state index contributed by atoms with van der Waals surface area (Å²) < 4.78 is 0. The van der Waals surface area contributed by atoms with Gasteiger partial charge in [-0.2, -0.15) is 0 Å². The maximum absolute atomic E-state index is 6.02. The van der Waals surface area contributed by atoms with Crippen molar-refractivity contribution >= 4 is 92.8 Å². The smallest absolute Gasteiger partial charge is 0.0999 e. The SMILES string of the molecule is Clc1c(Cl)c(C(Cl)Cl)c(Cl)c(C(Cl)Cl)c1Cl. The van der Waals surface area contributed by atoms with Gasteiger partial charge in [0.05, 0.1) is 20.1 Å². The second kappa shape index (κ2) is 6.12. The number of halogens is 8. The number of hydrogen-bond donors (Lipinski definition) is 0. The van der Waals surface area contributed by atoms with Crippen molar-refractivity contribution in [3.05, 3.63) is 31.2 Å². The highest BCUT2D eigenvalue weighted by Crippen LogP contribution is 2.49. The van der Waals surface area contributed by atoms with Crippen molar-refractivity contribution in [2.24, 2.45) is 0 Å². The van der Waals surface area contributed by atoms with Gasteiger partial charge >= 0.3 is 0 Å². The molecule has 0 amide bonds. The third-order valence-corrected chi connectivity index (χ3v) is 4.40. The van der Waals surface area contributed by atoms with Gasteiger partial charge in [0.15, 0.2) is 0 Å². The second-order valence-electron chi connectivity index (χ2n) is 2.68. The Bertz CT molecular complexity index is 376. The first-order valence-corrected chi connectivity index (χ1v) is 6.96. The summed E-state index contributed by atoms with van der Waals surface area (Å²) in [5.41, 5.74) is 0.477. The van der Waals surface area contributed by atoms with Gasteiger partial charge in [0, 0.05) is 11.1 Å². The lowest BCUT2D eigenvalue weighted by Gasteiger charge is -2.16. The quantitative estimate of drug-likeness (QED) is 0.287. The summed E-state index contributed by atoms with van der Waals surface area (Å²) in [5.74, 6) is 0. The predicted octanol–water partition coefficient (Wildman–Crippen LogP) is 7.25. The third-order valence-electron chi connectivity index (χ3n) is 1.77. The molecule has 0 nitrogen and oxygen atoms in total. The largest absolute Gasteiger partial charge is 0.135 e. The van der Waals surface area contributed by atoms with Crippen molar-refractivity contribution in [3.63, 3.8) is 0 Å². The summed E-state index contributed by atoms with van der Waals surface area (Å²) in [7, 11) is 0. The molecule has 0 aliphatic heterocycles. The van der Waals surface area contributed by atoms with Crippen molar-refractivity contribution in [3.8, 4) is 0 Å². The third kappa shape index (κ3) is 2.92. The Morgan fingerprint density at radius 2 is 0.812 bits per heavy atom. The van der Waals surface area contributed by atoms with E-state index in [2.05, 4.69) is 0 Å². The van der Waals surface area contributed by atoms with E-state index in [1.54, 1.807) is 0 Å². The van der Waals surface area contributed by atoms with Crippen LogP contribution in [0.4, 0.5) is 0 Å². The molecule has 0 radical (unpaired) electrons. The lowest BCUT2D eigenvalue weighted by Crippen LogP contribution is -1.96. The average Bonchev–Trinajstić information content (AvgIpc) is 2.13. The Morgan fingerprint density at radius 1 is 0.500 bits per heavy atom. The fourth-order valence-corrected chi connectivity index (χ4v) is 3.73. The van der Waals surface area contributed by atoms with Gasteiger partial charge in [0.25, 0.3) is 0 Å². The molecule has 0 bridgehead atoms.